The topological polar surface area (TPSA) is 41.1 Å². The predicted molar refractivity (Wildman–Crippen MR) is 79.1 cm³/mol. The van der Waals surface area contributed by atoms with Gasteiger partial charge in [-0.15, -0.1) is 0 Å². The van der Waals surface area contributed by atoms with E-state index in [4.69, 9.17) is 0 Å². The molecule has 1 atom stereocenters. The maximum absolute atomic E-state index is 13.6. The van der Waals surface area contributed by atoms with Crippen molar-refractivity contribution in [2.24, 2.45) is 0 Å². The number of rotatable bonds is 3. The smallest absolute Gasteiger partial charge is 0.242 e. The van der Waals surface area contributed by atoms with Crippen molar-refractivity contribution in [1.82, 2.24) is 10.6 Å². The number of hydrogen-bond acceptors (Lipinski definition) is 2. The van der Waals surface area contributed by atoms with E-state index >= 15 is 0 Å². The Balaban J connectivity index is 1.71. The van der Waals surface area contributed by atoms with Crippen LogP contribution in [0.15, 0.2) is 48.5 Å². The molecular weight excluding hydrogens is 267 g/mol. The number of hydrogen-bond donors (Lipinski definition) is 2. The van der Waals surface area contributed by atoms with Crippen molar-refractivity contribution in [3.8, 4) is 0 Å². The van der Waals surface area contributed by atoms with Gasteiger partial charge in [0, 0.05) is 18.7 Å². The van der Waals surface area contributed by atoms with Crippen molar-refractivity contribution in [2.75, 3.05) is 6.54 Å². The molecule has 1 unspecified atom stereocenters. The van der Waals surface area contributed by atoms with Crippen molar-refractivity contribution in [3.63, 3.8) is 0 Å². The van der Waals surface area contributed by atoms with Crippen molar-refractivity contribution in [2.45, 2.75) is 19.0 Å². The minimum Gasteiger partial charge on any atom is -0.350 e. The second-order valence-electron chi connectivity index (χ2n) is 5.15. The van der Waals surface area contributed by atoms with Gasteiger partial charge in [0.15, 0.2) is 0 Å². The monoisotopic (exact) mass is 284 g/mol. The molecule has 0 saturated carbocycles. The predicted octanol–water partition coefficient (Wildman–Crippen LogP) is 2.33. The summed E-state index contributed by atoms with van der Waals surface area (Å²) in [4.78, 5) is 12.3. The first-order chi connectivity index (χ1) is 10.3. The van der Waals surface area contributed by atoms with Crippen LogP contribution < -0.4 is 10.6 Å². The summed E-state index contributed by atoms with van der Waals surface area (Å²) in [6.45, 7) is 0.973. The number of carbonyl (C=O) groups excluding carboxylic acids is 1. The maximum Gasteiger partial charge on any atom is 0.242 e. The Bertz CT molecular complexity index is 657. The zero-order valence-corrected chi connectivity index (χ0v) is 11.6. The lowest BCUT2D eigenvalue weighted by molar-refractivity contribution is -0.123. The molecule has 0 spiro atoms. The molecule has 21 heavy (non-hydrogen) atoms. The average molecular weight is 284 g/mol. The van der Waals surface area contributed by atoms with Crippen LogP contribution in [0.25, 0.3) is 0 Å². The first-order valence-corrected chi connectivity index (χ1v) is 7.08. The van der Waals surface area contributed by atoms with Gasteiger partial charge in [0.05, 0.1) is 0 Å². The van der Waals surface area contributed by atoms with Gasteiger partial charge in [0.25, 0.3) is 0 Å². The molecule has 0 radical (unpaired) electrons. The van der Waals surface area contributed by atoms with E-state index in [1.807, 2.05) is 24.3 Å². The van der Waals surface area contributed by atoms with Crippen LogP contribution in [0.3, 0.4) is 0 Å². The first-order valence-electron chi connectivity index (χ1n) is 7.08. The molecule has 1 aliphatic rings. The minimum atomic E-state index is -0.360. The molecule has 1 aliphatic heterocycles. The van der Waals surface area contributed by atoms with E-state index in [0.29, 0.717) is 5.56 Å². The largest absolute Gasteiger partial charge is 0.350 e. The van der Waals surface area contributed by atoms with Gasteiger partial charge in [-0.2, -0.15) is 0 Å². The highest BCUT2D eigenvalue weighted by Gasteiger charge is 2.25. The average Bonchev–Trinajstić information content (AvgIpc) is 2.53. The third-order valence-corrected chi connectivity index (χ3v) is 3.78. The van der Waals surface area contributed by atoms with Gasteiger partial charge in [-0.05, 0) is 23.6 Å². The van der Waals surface area contributed by atoms with Crippen LogP contribution in [0, 0.1) is 5.82 Å². The van der Waals surface area contributed by atoms with Crippen molar-refractivity contribution < 1.29 is 9.18 Å². The van der Waals surface area contributed by atoms with Crippen LogP contribution in [0.4, 0.5) is 4.39 Å². The molecule has 0 saturated heterocycles. The van der Waals surface area contributed by atoms with E-state index in [0.717, 1.165) is 18.5 Å². The lowest BCUT2D eigenvalue weighted by atomic mass is 9.94. The highest BCUT2D eigenvalue weighted by Crippen LogP contribution is 2.22. The van der Waals surface area contributed by atoms with Crippen LogP contribution in [0.5, 0.6) is 0 Å². The second kappa shape index (κ2) is 6.06. The standard InChI is InChI=1S/C17H17FN2O/c18-15-8-4-2-6-13(15)11-20-17(21)16-14-7-3-1-5-12(14)9-10-19-16/h1-8,16,19H,9-11H2,(H,20,21). The molecule has 0 bridgehead atoms. The highest BCUT2D eigenvalue weighted by atomic mass is 19.1. The summed E-state index contributed by atoms with van der Waals surface area (Å²) in [5, 5.41) is 6.03. The fourth-order valence-corrected chi connectivity index (χ4v) is 2.66. The molecule has 0 aliphatic carbocycles. The van der Waals surface area contributed by atoms with E-state index in [2.05, 4.69) is 10.6 Å². The summed E-state index contributed by atoms with van der Waals surface area (Å²) in [7, 11) is 0. The molecule has 0 aromatic heterocycles. The van der Waals surface area contributed by atoms with Gasteiger partial charge >= 0.3 is 0 Å². The molecule has 4 heteroatoms. The normalized spacial score (nSPS) is 17.1. The third-order valence-electron chi connectivity index (χ3n) is 3.78. The Labute approximate surface area is 123 Å². The summed E-state index contributed by atoms with van der Waals surface area (Å²) in [6.07, 6.45) is 0.924. The Kier molecular flexibility index (Phi) is 3.97. The number of carbonyl (C=O) groups is 1. The second-order valence-corrected chi connectivity index (χ2v) is 5.15. The van der Waals surface area contributed by atoms with Crippen LogP contribution in [0.1, 0.15) is 22.7 Å². The minimum absolute atomic E-state index is 0.120. The lowest BCUT2D eigenvalue weighted by Crippen LogP contribution is -2.41. The van der Waals surface area contributed by atoms with E-state index in [1.165, 1.54) is 11.6 Å². The maximum atomic E-state index is 13.6. The SMILES string of the molecule is O=C(NCc1ccccc1F)C1NCCc2ccccc21. The van der Waals surface area contributed by atoms with Crippen LogP contribution in [-0.4, -0.2) is 12.5 Å². The van der Waals surface area contributed by atoms with Crippen LogP contribution in [-0.2, 0) is 17.8 Å². The number of nitrogens with one attached hydrogen (secondary N) is 2. The van der Waals surface area contributed by atoms with Crippen LogP contribution >= 0.6 is 0 Å². The summed E-state index contributed by atoms with van der Waals surface area (Å²) in [6, 6.07) is 14.1. The van der Waals surface area contributed by atoms with E-state index in [9.17, 15) is 9.18 Å². The molecule has 2 aromatic carbocycles. The first kappa shape index (κ1) is 13.8. The van der Waals surface area contributed by atoms with E-state index < -0.39 is 0 Å². The van der Waals surface area contributed by atoms with E-state index in [-0.39, 0.29) is 24.3 Å². The number of benzene rings is 2. The quantitative estimate of drug-likeness (QED) is 0.908. The van der Waals surface area contributed by atoms with Crippen molar-refractivity contribution in [3.05, 3.63) is 71.0 Å². The highest BCUT2D eigenvalue weighted by molar-refractivity contribution is 5.83. The zero-order valence-electron chi connectivity index (χ0n) is 11.6. The third kappa shape index (κ3) is 2.95. The van der Waals surface area contributed by atoms with Gasteiger partial charge in [0.2, 0.25) is 5.91 Å². The summed E-state index contributed by atoms with van der Waals surface area (Å²) >= 11 is 0. The number of fused-ring (bicyclic) bond motifs is 1. The molecule has 1 heterocycles. The van der Waals surface area contributed by atoms with Gasteiger partial charge in [-0.25, -0.2) is 4.39 Å². The molecule has 108 valence electrons. The molecule has 2 N–H and O–H groups in total. The summed E-state index contributed by atoms with van der Waals surface area (Å²) < 4.78 is 13.6. The molecule has 0 fully saturated rings. The Morgan fingerprint density at radius 2 is 1.95 bits per heavy atom. The molecule has 1 amide bonds. The van der Waals surface area contributed by atoms with Gasteiger partial charge in [-0.3, -0.25) is 4.79 Å². The lowest BCUT2D eigenvalue weighted by Gasteiger charge is -2.26. The fourth-order valence-electron chi connectivity index (χ4n) is 2.66. The van der Waals surface area contributed by atoms with Crippen molar-refractivity contribution >= 4 is 5.91 Å². The number of halogens is 1. The molecular formula is C17H17FN2O. The molecule has 2 aromatic rings. The Hall–Kier alpha value is -2.20. The van der Waals surface area contributed by atoms with Gasteiger partial charge in [-0.1, -0.05) is 42.5 Å². The Morgan fingerprint density at radius 1 is 1.19 bits per heavy atom. The zero-order chi connectivity index (χ0) is 14.7. The van der Waals surface area contributed by atoms with Gasteiger partial charge in [0.1, 0.15) is 11.9 Å². The molecule has 3 nitrogen and oxygen atoms in total. The van der Waals surface area contributed by atoms with Crippen molar-refractivity contribution in [1.29, 1.82) is 0 Å². The Morgan fingerprint density at radius 3 is 2.81 bits per heavy atom. The van der Waals surface area contributed by atoms with E-state index in [1.54, 1.807) is 18.2 Å². The van der Waals surface area contributed by atoms with Crippen LogP contribution in [0.2, 0.25) is 0 Å². The fraction of sp³-hybridized carbons (Fsp3) is 0.235. The van der Waals surface area contributed by atoms with Gasteiger partial charge < -0.3 is 10.6 Å². The molecule has 3 rings (SSSR count). The summed E-state index contributed by atoms with van der Waals surface area (Å²) in [5.41, 5.74) is 2.70. The summed E-state index contributed by atoms with van der Waals surface area (Å²) in [5.74, 6) is -0.416. The number of amides is 1.